The molecule has 222 valence electrons. The second kappa shape index (κ2) is 14.9. The van der Waals surface area contributed by atoms with Gasteiger partial charge in [-0.3, -0.25) is 14.6 Å². The first kappa shape index (κ1) is 31.1. The topological polar surface area (TPSA) is 73.9 Å². The SMILES string of the molecule is CC(C)(C)OC(=O)N1CCSC1C(=O)N[C@H](CCC1CCCCC1)C(=S)NC1CCN(Cc2ccccc2)CC1. The third-order valence-electron chi connectivity index (χ3n) is 8.15. The Morgan fingerprint density at radius 2 is 1.75 bits per heavy atom. The maximum absolute atomic E-state index is 13.5. The number of rotatable bonds is 9. The molecule has 2 amide bonds. The third kappa shape index (κ3) is 9.62. The zero-order valence-electron chi connectivity index (χ0n) is 24.5. The maximum Gasteiger partial charge on any atom is 0.411 e. The van der Waals surface area contributed by atoms with E-state index in [1.54, 1.807) is 4.90 Å². The maximum atomic E-state index is 13.5. The summed E-state index contributed by atoms with van der Waals surface area (Å²) in [7, 11) is 0. The molecule has 3 fully saturated rings. The van der Waals surface area contributed by atoms with Crippen molar-refractivity contribution in [3.8, 4) is 0 Å². The zero-order valence-corrected chi connectivity index (χ0v) is 26.2. The number of hydrogen-bond acceptors (Lipinski definition) is 6. The number of ether oxygens (including phenoxy) is 1. The highest BCUT2D eigenvalue weighted by Gasteiger charge is 2.38. The smallest absolute Gasteiger partial charge is 0.411 e. The molecule has 1 aliphatic carbocycles. The van der Waals surface area contributed by atoms with Crippen LogP contribution in [0.3, 0.4) is 0 Å². The minimum atomic E-state index is -0.601. The summed E-state index contributed by atoms with van der Waals surface area (Å²) in [6.45, 7) is 9.08. The van der Waals surface area contributed by atoms with E-state index < -0.39 is 17.1 Å². The van der Waals surface area contributed by atoms with Gasteiger partial charge in [0.1, 0.15) is 5.60 Å². The number of hydrogen-bond donors (Lipinski definition) is 2. The molecule has 0 radical (unpaired) electrons. The Bertz CT molecular complexity index is 973. The van der Waals surface area contributed by atoms with Crippen LogP contribution in [-0.2, 0) is 16.1 Å². The Morgan fingerprint density at radius 3 is 2.42 bits per heavy atom. The lowest BCUT2D eigenvalue weighted by atomic mass is 9.85. The molecule has 1 saturated carbocycles. The van der Waals surface area contributed by atoms with E-state index in [4.69, 9.17) is 17.0 Å². The van der Waals surface area contributed by atoms with Crippen molar-refractivity contribution in [1.82, 2.24) is 20.4 Å². The second-order valence-corrected chi connectivity index (χ2v) is 14.2. The molecule has 2 atom stereocenters. The van der Waals surface area contributed by atoms with Gasteiger partial charge in [0.25, 0.3) is 5.91 Å². The summed E-state index contributed by atoms with van der Waals surface area (Å²) in [4.78, 5) is 31.1. The standard InChI is InChI=1S/C31H48N4O3S2/c1-31(2,3)38-30(37)35-20-21-40-29(35)27(36)33-26(15-14-23-10-6-4-7-11-23)28(39)32-25-16-18-34(19-17-25)22-24-12-8-5-9-13-24/h5,8-9,12-13,23,25-26,29H,4,6-7,10-11,14-22H2,1-3H3,(H,32,39)(H,33,36)/t26-,29?/m1/s1. The molecule has 2 aliphatic heterocycles. The van der Waals surface area contributed by atoms with Gasteiger partial charge in [-0.25, -0.2) is 4.79 Å². The predicted molar refractivity (Wildman–Crippen MR) is 167 cm³/mol. The van der Waals surface area contributed by atoms with Crippen LogP contribution in [0.4, 0.5) is 4.79 Å². The van der Waals surface area contributed by atoms with E-state index in [1.807, 2.05) is 20.8 Å². The average molecular weight is 589 g/mol. The van der Waals surface area contributed by atoms with Crippen LogP contribution in [0.1, 0.15) is 84.1 Å². The molecule has 9 heteroatoms. The Hall–Kier alpha value is -1.84. The molecule has 1 unspecified atom stereocenters. The molecule has 0 spiro atoms. The zero-order chi connectivity index (χ0) is 28.5. The van der Waals surface area contributed by atoms with Crippen LogP contribution < -0.4 is 10.6 Å². The fraction of sp³-hybridized carbons (Fsp3) is 0.710. The number of benzene rings is 1. The van der Waals surface area contributed by atoms with E-state index in [2.05, 4.69) is 45.9 Å². The molecule has 2 heterocycles. The first-order valence-corrected chi connectivity index (χ1v) is 16.6. The second-order valence-electron chi connectivity index (χ2n) is 12.6. The number of amides is 2. The highest BCUT2D eigenvalue weighted by atomic mass is 32.2. The number of carbonyl (C=O) groups is 2. The van der Waals surface area contributed by atoms with Crippen molar-refractivity contribution in [3.63, 3.8) is 0 Å². The van der Waals surface area contributed by atoms with E-state index in [0.29, 0.717) is 24.3 Å². The van der Waals surface area contributed by atoms with Crippen molar-refractivity contribution in [3.05, 3.63) is 35.9 Å². The van der Waals surface area contributed by atoms with Crippen LogP contribution in [0, 0.1) is 5.92 Å². The fourth-order valence-electron chi connectivity index (χ4n) is 5.96. The summed E-state index contributed by atoms with van der Waals surface area (Å²) >= 11 is 7.44. The van der Waals surface area contributed by atoms with Crippen LogP contribution in [0.2, 0.25) is 0 Å². The van der Waals surface area contributed by atoms with Crippen LogP contribution in [0.15, 0.2) is 30.3 Å². The van der Waals surface area contributed by atoms with Crippen molar-refractivity contribution in [2.75, 3.05) is 25.4 Å². The Balaban J connectivity index is 1.33. The van der Waals surface area contributed by atoms with Crippen molar-refractivity contribution in [2.24, 2.45) is 5.92 Å². The van der Waals surface area contributed by atoms with Crippen LogP contribution >= 0.6 is 24.0 Å². The fourth-order valence-corrected chi connectivity index (χ4v) is 7.42. The molecule has 7 nitrogen and oxygen atoms in total. The van der Waals surface area contributed by atoms with Gasteiger partial charge >= 0.3 is 6.09 Å². The first-order chi connectivity index (χ1) is 19.2. The number of nitrogens with one attached hydrogen (secondary N) is 2. The predicted octanol–water partition coefficient (Wildman–Crippen LogP) is 5.72. The van der Waals surface area contributed by atoms with Gasteiger partial charge in [0.2, 0.25) is 0 Å². The Labute approximate surface area is 250 Å². The van der Waals surface area contributed by atoms with E-state index in [-0.39, 0.29) is 11.9 Å². The first-order valence-electron chi connectivity index (χ1n) is 15.2. The van der Waals surface area contributed by atoms with Gasteiger partial charge in [-0.1, -0.05) is 74.7 Å². The molecule has 2 saturated heterocycles. The largest absolute Gasteiger partial charge is 0.444 e. The highest BCUT2D eigenvalue weighted by molar-refractivity contribution is 8.00. The molecule has 1 aromatic carbocycles. The molecule has 1 aromatic rings. The van der Waals surface area contributed by atoms with E-state index in [0.717, 1.165) is 50.3 Å². The molecule has 4 rings (SSSR count). The molecule has 3 aliphatic rings. The molecule has 40 heavy (non-hydrogen) atoms. The van der Waals surface area contributed by atoms with Crippen LogP contribution in [-0.4, -0.2) is 75.2 Å². The van der Waals surface area contributed by atoms with Gasteiger partial charge in [-0.2, -0.15) is 0 Å². The normalized spacial score (nSPS) is 22.1. The van der Waals surface area contributed by atoms with Gasteiger partial charge < -0.3 is 15.4 Å². The van der Waals surface area contributed by atoms with Gasteiger partial charge in [0.15, 0.2) is 5.37 Å². The third-order valence-corrected chi connectivity index (χ3v) is 9.75. The lowest BCUT2D eigenvalue weighted by Gasteiger charge is -2.34. The molecule has 2 N–H and O–H groups in total. The lowest BCUT2D eigenvalue weighted by molar-refractivity contribution is -0.123. The minimum absolute atomic E-state index is 0.149. The van der Waals surface area contributed by atoms with E-state index in [1.165, 1.54) is 49.4 Å². The summed E-state index contributed by atoms with van der Waals surface area (Å²) in [6.07, 6.45) is 10.00. The van der Waals surface area contributed by atoms with Gasteiger partial charge in [0.05, 0.1) is 11.0 Å². The number of thiocarbonyl (C=S) groups is 1. The van der Waals surface area contributed by atoms with Crippen LogP contribution in [0.25, 0.3) is 0 Å². The van der Waals surface area contributed by atoms with Crippen molar-refractivity contribution in [2.45, 2.75) is 108 Å². The molecular weight excluding hydrogens is 541 g/mol. The Kier molecular flexibility index (Phi) is 11.6. The number of piperidine rings is 1. The van der Waals surface area contributed by atoms with Crippen molar-refractivity contribution in [1.29, 1.82) is 0 Å². The monoisotopic (exact) mass is 588 g/mol. The summed E-state index contributed by atoms with van der Waals surface area (Å²) in [5.74, 6) is 1.27. The number of likely N-dealkylation sites (tertiary alicyclic amines) is 1. The summed E-state index contributed by atoms with van der Waals surface area (Å²) in [6, 6.07) is 10.7. The van der Waals surface area contributed by atoms with Gasteiger partial charge in [-0.05, 0) is 57.9 Å². The molecular formula is C31H48N4O3S2. The summed E-state index contributed by atoms with van der Waals surface area (Å²) in [5, 5.41) is 6.30. The van der Waals surface area contributed by atoms with Crippen molar-refractivity contribution >= 4 is 41.0 Å². The molecule has 0 bridgehead atoms. The number of thioether (sulfide) groups is 1. The highest BCUT2D eigenvalue weighted by Crippen LogP contribution is 2.29. The Morgan fingerprint density at radius 1 is 1.05 bits per heavy atom. The minimum Gasteiger partial charge on any atom is -0.444 e. The van der Waals surface area contributed by atoms with Crippen LogP contribution in [0.5, 0.6) is 0 Å². The average Bonchev–Trinajstić information content (AvgIpc) is 3.43. The summed E-state index contributed by atoms with van der Waals surface area (Å²) in [5.41, 5.74) is 0.746. The van der Waals surface area contributed by atoms with E-state index in [9.17, 15) is 9.59 Å². The van der Waals surface area contributed by atoms with E-state index >= 15 is 0 Å². The number of carbonyl (C=O) groups excluding carboxylic acids is 2. The molecule has 0 aromatic heterocycles. The van der Waals surface area contributed by atoms with Crippen molar-refractivity contribution < 1.29 is 14.3 Å². The quantitative estimate of drug-likeness (QED) is 0.357. The lowest BCUT2D eigenvalue weighted by Crippen LogP contribution is -2.54. The summed E-state index contributed by atoms with van der Waals surface area (Å²) < 4.78 is 5.58. The van der Waals surface area contributed by atoms with Gasteiger partial charge in [-0.15, -0.1) is 11.8 Å². The number of nitrogens with zero attached hydrogens (tertiary/aromatic N) is 2. The van der Waals surface area contributed by atoms with Gasteiger partial charge in [0, 0.05) is 38.0 Å².